The van der Waals surface area contributed by atoms with Crippen LogP contribution in [-0.4, -0.2) is 22.5 Å². The summed E-state index contributed by atoms with van der Waals surface area (Å²) in [6, 6.07) is 4.82. The summed E-state index contributed by atoms with van der Waals surface area (Å²) in [7, 11) is 0. The summed E-state index contributed by atoms with van der Waals surface area (Å²) >= 11 is 13.1. The van der Waals surface area contributed by atoms with Crippen LogP contribution in [0.2, 0.25) is 10.0 Å². The van der Waals surface area contributed by atoms with Gasteiger partial charge in [-0.15, -0.1) is 11.3 Å². The predicted molar refractivity (Wildman–Crippen MR) is 85.2 cm³/mol. The Labute approximate surface area is 136 Å². The number of amides is 1. The van der Waals surface area contributed by atoms with E-state index in [-0.39, 0.29) is 12.5 Å². The Morgan fingerprint density at radius 2 is 2.05 bits per heavy atom. The second-order valence-electron chi connectivity index (χ2n) is 4.40. The van der Waals surface area contributed by atoms with Crippen molar-refractivity contribution in [3.8, 4) is 0 Å². The molecule has 0 saturated carbocycles. The van der Waals surface area contributed by atoms with Gasteiger partial charge < -0.3 is 10.4 Å². The van der Waals surface area contributed by atoms with E-state index in [1.165, 1.54) is 11.3 Å². The third-order valence-corrected chi connectivity index (χ3v) is 4.38. The monoisotopic (exact) mass is 344 g/mol. The van der Waals surface area contributed by atoms with Crippen LogP contribution in [0.3, 0.4) is 0 Å². The van der Waals surface area contributed by atoms with Crippen LogP contribution < -0.4 is 5.32 Å². The van der Waals surface area contributed by atoms with Crippen molar-refractivity contribution in [1.82, 2.24) is 10.3 Å². The third-order valence-electron chi connectivity index (χ3n) is 2.81. The summed E-state index contributed by atoms with van der Waals surface area (Å²) in [5, 5.41) is 14.5. The first-order chi connectivity index (χ1) is 9.99. The van der Waals surface area contributed by atoms with Crippen molar-refractivity contribution in [1.29, 1.82) is 0 Å². The van der Waals surface area contributed by atoms with Crippen molar-refractivity contribution in [2.45, 2.75) is 19.4 Å². The normalized spacial score (nSPS) is 12.2. The second-order valence-corrected chi connectivity index (χ2v) is 6.39. The number of rotatable bonds is 5. The lowest BCUT2D eigenvalue weighted by molar-refractivity contribution is 0.0920. The molecule has 1 aromatic carbocycles. The van der Waals surface area contributed by atoms with Gasteiger partial charge in [0.1, 0.15) is 4.88 Å². The van der Waals surface area contributed by atoms with Gasteiger partial charge in [0.15, 0.2) is 0 Å². The minimum absolute atomic E-state index is 0.0782. The molecule has 1 unspecified atom stereocenters. The highest BCUT2D eigenvalue weighted by Gasteiger charge is 2.14. The van der Waals surface area contributed by atoms with E-state index in [4.69, 9.17) is 23.2 Å². The largest absolute Gasteiger partial charge is 0.387 e. The van der Waals surface area contributed by atoms with Crippen molar-refractivity contribution < 1.29 is 9.90 Å². The maximum Gasteiger partial charge on any atom is 0.263 e. The lowest BCUT2D eigenvalue weighted by Crippen LogP contribution is -2.27. The molecule has 112 valence electrons. The van der Waals surface area contributed by atoms with Gasteiger partial charge in [-0.1, -0.05) is 30.1 Å². The Morgan fingerprint density at radius 1 is 1.38 bits per heavy atom. The van der Waals surface area contributed by atoms with Crippen LogP contribution in [0.25, 0.3) is 0 Å². The molecule has 1 amide bonds. The standard InChI is InChI=1S/C14H14Cl2N2O2S/c1-2-13-17-7-12(21-13)14(20)18-6-11(19)8-3-9(15)5-10(16)4-8/h3-5,7,11,19H,2,6H2,1H3,(H,18,20). The summed E-state index contributed by atoms with van der Waals surface area (Å²) in [5.41, 5.74) is 0.561. The first-order valence-electron chi connectivity index (χ1n) is 6.36. The zero-order chi connectivity index (χ0) is 15.4. The van der Waals surface area contributed by atoms with E-state index in [0.29, 0.717) is 20.5 Å². The second kappa shape index (κ2) is 7.22. The molecule has 1 aromatic heterocycles. The maximum absolute atomic E-state index is 11.9. The van der Waals surface area contributed by atoms with Crippen LogP contribution in [0.1, 0.15) is 33.3 Å². The van der Waals surface area contributed by atoms with Crippen LogP contribution in [0.15, 0.2) is 24.4 Å². The fourth-order valence-corrected chi connectivity index (χ4v) is 3.06. The fourth-order valence-electron chi connectivity index (χ4n) is 1.74. The number of thiazole rings is 1. The Bertz CT molecular complexity index is 625. The molecule has 0 aliphatic carbocycles. The minimum atomic E-state index is -0.872. The van der Waals surface area contributed by atoms with Crippen molar-refractivity contribution in [2.75, 3.05) is 6.54 Å². The van der Waals surface area contributed by atoms with Gasteiger partial charge in [0.2, 0.25) is 0 Å². The van der Waals surface area contributed by atoms with Crippen molar-refractivity contribution in [3.05, 3.63) is 49.9 Å². The van der Waals surface area contributed by atoms with Gasteiger partial charge in [0.25, 0.3) is 5.91 Å². The number of nitrogens with one attached hydrogen (secondary N) is 1. The maximum atomic E-state index is 11.9. The first kappa shape index (κ1) is 16.2. The zero-order valence-electron chi connectivity index (χ0n) is 11.3. The quantitative estimate of drug-likeness (QED) is 0.872. The minimum Gasteiger partial charge on any atom is -0.387 e. The van der Waals surface area contributed by atoms with Crippen LogP contribution >= 0.6 is 34.5 Å². The van der Waals surface area contributed by atoms with Crippen molar-refractivity contribution in [2.24, 2.45) is 0 Å². The third kappa shape index (κ3) is 4.41. The van der Waals surface area contributed by atoms with E-state index in [1.807, 2.05) is 6.92 Å². The fraction of sp³-hybridized carbons (Fsp3) is 0.286. The number of hydrogen-bond acceptors (Lipinski definition) is 4. The van der Waals surface area contributed by atoms with Crippen molar-refractivity contribution in [3.63, 3.8) is 0 Å². The summed E-state index contributed by atoms with van der Waals surface area (Å²) < 4.78 is 0. The number of hydrogen-bond donors (Lipinski definition) is 2. The Morgan fingerprint density at radius 3 is 2.62 bits per heavy atom. The highest BCUT2D eigenvalue weighted by molar-refractivity contribution is 7.13. The van der Waals surface area contributed by atoms with Gasteiger partial charge in [0, 0.05) is 16.6 Å². The Balaban J connectivity index is 1.97. The highest BCUT2D eigenvalue weighted by Crippen LogP contribution is 2.23. The zero-order valence-corrected chi connectivity index (χ0v) is 13.6. The van der Waals surface area contributed by atoms with E-state index in [9.17, 15) is 9.90 Å². The van der Waals surface area contributed by atoms with Crippen LogP contribution in [-0.2, 0) is 6.42 Å². The van der Waals surface area contributed by atoms with E-state index >= 15 is 0 Å². The van der Waals surface area contributed by atoms with E-state index in [0.717, 1.165) is 11.4 Å². The number of aliphatic hydroxyl groups excluding tert-OH is 1. The summed E-state index contributed by atoms with van der Waals surface area (Å²) in [6.07, 6.45) is 1.46. The molecule has 4 nitrogen and oxygen atoms in total. The van der Waals surface area contributed by atoms with Gasteiger partial charge in [0.05, 0.1) is 17.3 Å². The number of carbonyl (C=O) groups excluding carboxylic acids is 1. The number of carbonyl (C=O) groups is 1. The Hall–Kier alpha value is -1.14. The summed E-state index contributed by atoms with van der Waals surface area (Å²) in [5.74, 6) is -0.251. The molecule has 7 heteroatoms. The number of nitrogens with zero attached hydrogens (tertiary/aromatic N) is 1. The van der Waals surface area contributed by atoms with Crippen LogP contribution in [0.5, 0.6) is 0 Å². The van der Waals surface area contributed by atoms with Gasteiger partial charge in [-0.3, -0.25) is 4.79 Å². The van der Waals surface area contributed by atoms with E-state index < -0.39 is 6.10 Å². The van der Waals surface area contributed by atoms with Gasteiger partial charge in [-0.2, -0.15) is 0 Å². The molecule has 1 atom stereocenters. The molecule has 0 aliphatic heterocycles. The highest BCUT2D eigenvalue weighted by atomic mass is 35.5. The van der Waals surface area contributed by atoms with Crippen LogP contribution in [0, 0.1) is 0 Å². The number of aliphatic hydroxyl groups is 1. The van der Waals surface area contributed by atoms with Gasteiger partial charge in [-0.25, -0.2) is 4.98 Å². The Kier molecular flexibility index (Phi) is 5.58. The summed E-state index contributed by atoms with van der Waals surface area (Å²) in [6.45, 7) is 2.06. The summed E-state index contributed by atoms with van der Waals surface area (Å²) in [4.78, 5) is 16.6. The molecule has 2 rings (SSSR count). The first-order valence-corrected chi connectivity index (χ1v) is 7.93. The average molecular weight is 345 g/mol. The molecular weight excluding hydrogens is 331 g/mol. The van der Waals surface area contributed by atoms with Crippen molar-refractivity contribution >= 4 is 40.4 Å². The molecule has 1 heterocycles. The molecule has 0 radical (unpaired) electrons. The van der Waals surface area contributed by atoms with E-state index in [1.54, 1.807) is 24.4 Å². The number of benzene rings is 1. The lowest BCUT2D eigenvalue weighted by Gasteiger charge is -2.12. The van der Waals surface area contributed by atoms with Gasteiger partial charge in [-0.05, 0) is 30.2 Å². The molecule has 0 fully saturated rings. The topological polar surface area (TPSA) is 62.2 Å². The molecular formula is C14H14Cl2N2O2S. The average Bonchev–Trinajstić information content (AvgIpc) is 2.92. The predicted octanol–water partition coefficient (Wildman–Crippen LogP) is 3.48. The molecule has 2 aromatic rings. The van der Waals surface area contributed by atoms with Gasteiger partial charge >= 0.3 is 0 Å². The molecule has 0 bridgehead atoms. The number of halogens is 2. The molecule has 0 saturated heterocycles. The SMILES string of the molecule is CCc1ncc(C(=O)NCC(O)c2cc(Cl)cc(Cl)c2)s1. The molecule has 21 heavy (non-hydrogen) atoms. The number of aromatic nitrogens is 1. The lowest BCUT2D eigenvalue weighted by atomic mass is 10.1. The molecule has 0 spiro atoms. The molecule has 0 aliphatic rings. The molecule has 2 N–H and O–H groups in total. The number of aryl methyl sites for hydroxylation is 1. The van der Waals surface area contributed by atoms with E-state index in [2.05, 4.69) is 10.3 Å². The smallest absolute Gasteiger partial charge is 0.263 e. The van der Waals surface area contributed by atoms with Crippen LogP contribution in [0.4, 0.5) is 0 Å².